The van der Waals surface area contributed by atoms with Gasteiger partial charge in [0.2, 0.25) is 0 Å². The maximum absolute atomic E-state index is 5.78. The smallest absolute Gasteiger partial charge is 0.192 e. The van der Waals surface area contributed by atoms with Crippen molar-refractivity contribution in [2.75, 3.05) is 6.61 Å². The maximum Gasteiger partial charge on any atom is 0.192 e. The zero-order valence-electron chi connectivity index (χ0n) is 6.44. The van der Waals surface area contributed by atoms with Gasteiger partial charge in [-0.2, -0.15) is 0 Å². The fourth-order valence-corrected chi connectivity index (χ4v) is 4.69. The van der Waals surface area contributed by atoms with Crippen LogP contribution in [0.3, 0.4) is 0 Å². The molecule has 0 N–H and O–H groups in total. The zero-order valence-corrected chi connectivity index (χ0v) is 7.44. The van der Waals surface area contributed by atoms with Crippen molar-refractivity contribution in [2.24, 2.45) is 0 Å². The Hall–Kier alpha value is 0.177. The Morgan fingerprint density at radius 2 is 2.00 bits per heavy atom. The normalized spacial score (nSPS) is 24.7. The molecule has 1 aliphatic heterocycles. The van der Waals surface area contributed by atoms with Crippen molar-refractivity contribution in [1.82, 2.24) is 0 Å². The lowest BCUT2D eigenvalue weighted by Crippen LogP contribution is -2.30. The second-order valence-electron chi connectivity index (χ2n) is 2.84. The largest absolute Gasteiger partial charge is 0.417 e. The zero-order chi connectivity index (χ0) is 6.74. The maximum atomic E-state index is 5.78. The van der Waals surface area contributed by atoms with Gasteiger partial charge in [0.25, 0.3) is 0 Å². The van der Waals surface area contributed by atoms with Crippen molar-refractivity contribution >= 4 is 8.32 Å². The highest BCUT2D eigenvalue weighted by Crippen LogP contribution is 2.28. The van der Waals surface area contributed by atoms with Gasteiger partial charge in [-0.15, -0.1) is 0 Å². The van der Waals surface area contributed by atoms with E-state index in [9.17, 15) is 0 Å². The highest BCUT2D eigenvalue weighted by molar-refractivity contribution is 6.74. The molecule has 0 spiro atoms. The minimum absolute atomic E-state index is 1.05. The Balaban J connectivity index is 2.45. The molecule has 0 aliphatic carbocycles. The second kappa shape index (κ2) is 2.84. The molecule has 0 bridgehead atoms. The fourth-order valence-electron chi connectivity index (χ4n) is 1.56. The van der Waals surface area contributed by atoms with Crippen molar-refractivity contribution in [3.63, 3.8) is 0 Å². The fraction of sp³-hybridized carbons (Fsp3) is 1.00. The molecule has 0 amide bonds. The molecule has 0 unspecified atom stereocenters. The third-order valence-corrected chi connectivity index (χ3v) is 7.13. The number of hydrogen-bond acceptors (Lipinski definition) is 1. The van der Waals surface area contributed by atoms with Crippen LogP contribution < -0.4 is 0 Å². The molecule has 2 heteroatoms. The van der Waals surface area contributed by atoms with E-state index in [1.54, 1.807) is 0 Å². The number of rotatable bonds is 2. The average molecular weight is 144 g/mol. The Bertz CT molecular complexity index is 80.9. The summed E-state index contributed by atoms with van der Waals surface area (Å²) in [4.78, 5) is 0. The summed E-state index contributed by atoms with van der Waals surface area (Å²) in [6.45, 7) is 5.61. The summed E-state index contributed by atoms with van der Waals surface area (Å²) < 4.78 is 5.78. The predicted molar refractivity (Wildman–Crippen MR) is 42.1 cm³/mol. The topological polar surface area (TPSA) is 9.23 Å². The van der Waals surface area contributed by atoms with Gasteiger partial charge < -0.3 is 4.43 Å². The highest BCUT2D eigenvalue weighted by Gasteiger charge is 2.34. The molecule has 9 heavy (non-hydrogen) atoms. The van der Waals surface area contributed by atoms with Gasteiger partial charge in [0, 0.05) is 6.61 Å². The van der Waals surface area contributed by atoms with Gasteiger partial charge in [0.15, 0.2) is 8.32 Å². The van der Waals surface area contributed by atoms with E-state index in [0.717, 1.165) is 6.61 Å². The molecule has 0 aromatic carbocycles. The van der Waals surface area contributed by atoms with Gasteiger partial charge in [0.05, 0.1) is 0 Å². The third kappa shape index (κ3) is 1.35. The van der Waals surface area contributed by atoms with Crippen LogP contribution in [0.15, 0.2) is 0 Å². The molecular weight excluding hydrogens is 128 g/mol. The number of hydrogen-bond donors (Lipinski definition) is 0. The minimum atomic E-state index is -1.08. The Kier molecular flexibility index (Phi) is 2.30. The molecule has 1 nitrogen and oxygen atoms in total. The van der Waals surface area contributed by atoms with Crippen molar-refractivity contribution in [1.29, 1.82) is 0 Å². The lowest BCUT2D eigenvalue weighted by molar-refractivity contribution is 0.343. The first-order chi connectivity index (χ1) is 4.33. The summed E-state index contributed by atoms with van der Waals surface area (Å²) in [5.74, 6) is 0. The van der Waals surface area contributed by atoms with E-state index < -0.39 is 8.32 Å². The lowest BCUT2D eigenvalue weighted by Gasteiger charge is -2.20. The first kappa shape index (κ1) is 7.29. The Labute approximate surface area is 58.5 Å². The SMILES string of the molecule is CC[Si]1(CC)CCCO1. The molecule has 1 saturated heterocycles. The summed E-state index contributed by atoms with van der Waals surface area (Å²) >= 11 is 0. The van der Waals surface area contributed by atoms with E-state index in [-0.39, 0.29) is 0 Å². The monoisotopic (exact) mass is 144 g/mol. The van der Waals surface area contributed by atoms with Gasteiger partial charge in [-0.1, -0.05) is 13.8 Å². The molecular formula is C7H16OSi. The van der Waals surface area contributed by atoms with Crippen molar-refractivity contribution in [3.8, 4) is 0 Å². The van der Waals surface area contributed by atoms with Crippen molar-refractivity contribution < 1.29 is 4.43 Å². The predicted octanol–water partition coefficient (Wildman–Crippen LogP) is 2.39. The van der Waals surface area contributed by atoms with Crippen LogP contribution in [0.5, 0.6) is 0 Å². The quantitative estimate of drug-likeness (QED) is 0.541. The van der Waals surface area contributed by atoms with E-state index in [0.29, 0.717) is 0 Å². The summed E-state index contributed by atoms with van der Waals surface area (Å²) in [6, 6.07) is 4.06. The Morgan fingerprint density at radius 3 is 2.22 bits per heavy atom. The first-order valence-corrected chi connectivity index (χ1v) is 6.50. The van der Waals surface area contributed by atoms with Gasteiger partial charge in [-0.3, -0.25) is 0 Å². The molecule has 0 atom stereocenters. The molecule has 0 aromatic heterocycles. The molecule has 0 saturated carbocycles. The van der Waals surface area contributed by atoms with Gasteiger partial charge in [-0.25, -0.2) is 0 Å². The van der Waals surface area contributed by atoms with E-state index >= 15 is 0 Å². The third-order valence-electron chi connectivity index (χ3n) is 2.47. The van der Waals surface area contributed by atoms with E-state index in [1.165, 1.54) is 24.6 Å². The first-order valence-electron chi connectivity index (χ1n) is 3.97. The van der Waals surface area contributed by atoms with Crippen LogP contribution in [0.1, 0.15) is 20.3 Å². The molecule has 0 aromatic rings. The summed E-state index contributed by atoms with van der Waals surface area (Å²) in [5, 5.41) is 0. The van der Waals surface area contributed by atoms with Crippen LogP contribution in [-0.4, -0.2) is 14.9 Å². The molecule has 0 radical (unpaired) electrons. The Morgan fingerprint density at radius 1 is 1.33 bits per heavy atom. The van der Waals surface area contributed by atoms with Gasteiger partial charge >= 0.3 is 0 Å². The van der Waals surface area contributed by atoms with Crippen LogP contribution in [0, 0.1) is 0 Å². The van der Waals surface area contributed by atoms with Crippen molar-refractivity contribution in [3.05, 3.63) is 0 Å². The summed E-state index contributed by atoms with van der Waals surface area (Å²) in [5.41, 5.74) is 0. The molecule has 1 rings (SSSR count). The highest BCUT2D eigenvalue weighted by atomic mass is 28.4. The van der Waals surface area contributed by atoms with Crippen LogP contribution in [-0.2, 0) is 4.43 Å². The summed E-state index contributed by atoms with van der Waals surface area (Å²) in [7, 11) is -1.08. The second-order valence-corrected chi connectivity index (χ2v) is 7.41. The van der Waals surface area contributed by atoms with Gasteiger partial charge in [0.1, 0.15) is 0 Å². The molecule has 1 heterocycles. The van der Waals surface area contributed by atoms with Crippen LogP contribution in [0.25, 0.3) is 0 Å². The van der Waals surface area contributed by atoms with Crippen LogP contribution in [0.2, 0.25) is 18.1 Å². The summed E-state index contributed by atoms with van der Waals surface area (Å²) in [6.07, 6.45) is 1.33. The van der Waals surface area contributed by atoms with E-state index in [1.807, 2.05) is 0 Å². The van der Waals surface area contributed by atoms with Crippen LogP contribution >= 0.6 is 0 Å². The molecule has 54 valence electrons. The van der Waals surface area contributed by atoms with Crippen molar-refractivity contribution in [2.45, 2.75) is 38.4 Å². The van der Waals surface area contributed by atoms with E-state index in [4.69, 9.17) is 4.43 Å². The van der Waals surface area contributed by atoms with E-state index in [2.05, 4.69) is 13.8 Å². The lowest BCUT2D eigenvalue weighted by atomic mass is 10.5. The molecule has 1 aliphatic rings. The molecule has 1 fully saturated rings. The van der Waals surface area contributed by atoms with Crippen LogP contribution in [0.4, 0.5) is 0 Å². The average Bonchev–Trinajstić information content (AvgIpc) is 2.36. The van der Waals surface area contributed by atoms with Gasteiger partial charge in [-0.05, 0) is 24.6 Å². The standard InChI is InChI=1S/C7H16OSi/c1-3-9(4-2)7-5-6-8-9/h3-7H2,1-2H3. The minimum Gasteiger partial charge on any atom is -0.417 e.